The first-order valence-corrected chi connectivity index (χ1v) is 15.3. The molecule has 2 atom stereocenters. The SMILES string of the molecule is NCCCC[C@H](NC(=O)[C@@H](Cc1cc(Br)c(N)c(Br)c1)NC(=O)CCCc1ccccc1)C(=O)Nc1ccccc1. The second-order valence-electron chi connectivity index (χ2n) is 9.84. The normalized spacial score (nSPS) is 12.3. The first-order chi connectivity index (χ1) is 19.8. The zero-order valence-corrected chi connectivity index (χ0v) is 26.0. The van der Waals surface area contributed by atoms with Gasteiger partial charge in [0.15, 0.2) is 0 Å². The number of anilines is 2. The number of nitrogen functional groups attached to an aromatic ring is 1. The third-order valence-electron chi connectivity index (χ3n) is 6.56. The molecule has 0 radical (unpaired) electrons. The Balaban J connectivity index is 1.74. The van der Waals surface area contributed by atoms with Gasteiger partial charge in [0.1, 0.15) is 12.1 Å². The maximum atomic E-state index is 13.6. The molecular weight excluding hydrogens is 650 g/mol. The van der Waals surface area contributed by atoms with E-state index in [1.165, 1.54) is 0 Å². The molecule has 0 saturated carbocycles. The van der Waals surface area contributed by atoms with Crippen LogP contribution in [0.3, 0.4) is 0 Å². The van der Waals surface area contributed by atoms with E-state index < -0.39 is 18.0 Å². The van der Waals surface area contributed by atoms with E-state index in [4.69, 9.17) is 11.5 Å². The molecule has 0 fully saturated rings. The molecule has 3 aromatic rings. The number of benzene rings is 3. The zero-order chi connectivity index (χ0) is 29.6. The number of carbonyl (C=O) groups excluding carboxylic acids is 3. The Bertz CT molecular complexity index is 1270. The monoisotopic (exact) mass is 685 g/mol. The Labute approximate surface area is 258 Å². The highest BCUT2D eigenvalue weighted by molar-refractivity contribution is 9.11. The predicted molar refractivity (Wildman–Crippen MR) is 171 cm³/mol. The van der Waals surface area contributed by atoms with Gasteiger partial charge < -0.3 is 27.4 Å². The fourth-order valence-electron chi connectivity index (χ4n) is 4.35. The third-order valence-corrected chi connectivity index (χ3v) is 7.88. The molecule has 0 aliphatic carbocycles. The standard InChI is InChI=1S/C31H37Br2N5O3/c32-24-18-22(19-25(33)29(24)35)20-27(37-28(39)16-9-12-21-10-3-1-4-11-21)31(41)38-26(15-7-8-17-34)30(40)36-23-13-5-2-6-14-23/h1-6,10-11,13-14,18-19,26-27H,7-9,12,15-17,20,34-35H2,(H,36,40)(H,37,39)(H,38,41)/t26-,27+/m0/s1. The highest BCUT2D eigenvalue weighted by atomic mass is 79.9. The van der Waals surface area contributed by atoms with E-state index in [2.05, 4.69) is 47.8 Å². The molecule has 10 heteroatoms. The lowest BCUT2D eigenvalue weighted by molar-refractivity contribution is -0.131. The molecule has 0 spiro atoms. The van der Waals surface area contributed by atoms with Crippen LogP contribution in [-0.4, -0.2) is 36.3 Å². The summed E-state index contributed by atoms with van der Waals surface area (Å²) in [5.74, 6) is -0.998. The molecular formula is C31H37Br2N5O3. The number of aryl methyl sites for hydroxylation is 1. The summed E-state index contributed by atoms with van der Waals surface area (Å²) in [6, 6.07) is 21.0. The minimum atomic E-state index is -0.900. The number of rotatable bonds is 15. The molecule has 3 amide bonds. The van der Waals surface area contributed by atoms with Gasteiger partial charge in [-0.25, -0.2) is 0 Å². The summed E-state index contributed by atoms with van der Waals surface area (Å²) >= 11 is 6.90. The topological polar surface area (TPSA) is 139 Å². The Kier molecular flexibility index (Phi) is 13.3. The summed E-state index contributed by atoms with van der Waals surface area (Å²) in [7, 11) is 0. The van der Waals surface area contributed by atoms with Crippen molar-refractivity contribution in [2.45, 2.75) is 57.0 Å². The van der Waals surface area contributed by atoms with Crippen molar-refractivity contribution in [1.82, 2.24) is 10.6 Å². The van der Waals surface area contributed by atoms with E-state index in [1.807, 2.05) is 60.7 Å². The van der Waals surface area contributed by atoms with Crippen molar-refractivity contribution < 1.29 is 14.4 Å². The van der Waals surface area contributed by atoms with Crippen LogP contribution >= 0.6 is 31.9 Å². The van der Waals surface area contributed by atoms with Gasteiger partial charge in [-0.3, -0.25) is 14.4 Å². The van der Waals surface area contributed by atoms with Crippen LogP contribution in [-0.2, 0) is 27.2 Å². The van der Waals surface area contributed by atoms with Gasteiger partial charge in [-0.05, 0) is 106 Å². The summed E-state index contributed by atoms with van der Waals surface area (Å²) in [5, 5.41) is 8.66. The van der Waals surface area contributed by atoms with E-state index in [-0.39, 0.29) is 24.7 Å². The van der Waals surface area contributed by atoms with Gasteiger partial charge in [-0.15, -0.1) is 0 Å². The quantitative estimate of drug-likeness (QED) is 0.112. The number of nitrogens with two attached hydrogens (primary N) is 2. The number of halogens is 2. The van der Waals surface area contributed by atoms with Crippen LogP contribution in [0.15, 0.2) is 81.7 Å². The third kappa shape index (κ3) is 10.9. The molecule has 8 nitrogen and oxygen atoms in total. The van der Waals surface area contributed by atoms with Gasteiger partial charge in [0.25, 0.3) is 0 Å². The zero-order valence-electron chi connectivity index (χ0n) is 22.9. The summed E-state index contributed by atoms with van der Waals surface area (Å²) < 4.78 is 1.36. The second-order valence-corrected chi connectivity index (χ2v) is 11.5. The molecule has 7 N–H and O–H groups in total. The van der Waals surface area contributed by atoms with Crippen LogP contribution in [0.4, 0.5) is 11.4 Å². The van der Waals surface area contributed by atoms with E-state index in [9.17, 15) is 14.4 Å². The van der Waals surface area contributed by atoms with Gasteiger partial charge in [-0.2, -0.15) is 0 Å². The molecule has 0 bridgehead atoms. The lowest BCUT2D eigenvalue weighted by Gasteiger charge is -2.24. The van der Waals surface area contributed by atoms with Crippen molar-refractivity contribution in [2.75, 3.05) is 17.6 Å². The van der Waals surface area contributed by atoms with Crippen molar-refractivity contribution in [3.05, 3.63) is 92.9 Å². The molecule has 0 aromatic heterocycles. The smallest absolute Gasteiger partial charge is 0.246 e. The van der Waals surface area contributed by atoms with Gasteiger partial charge in [0, 0.05) is 27.5 Å². The lowest BCUT2D eigenvalue weighted by atomic mass is 10.0. The summed E-state index contributed by atoms with van der Waals surface area (Å²) in [6.45, 7) is 0.490. The van der Waals surface area contributed by atoms with Crippen molar-refractivity contribution in [3.8, 4) is 0 Å². The number of carbonyl (C=O) groups is 3. The van der Waals surface area contributed by atoms with E-state index in [1.54, 1.807) is 12.1 Å². The van der Waals surface area contributed by atoms with Crippen molar-refractivity contribution in [1.29, 1.82) is 0 Å². The minimum absolute atomic E-state index is 0.212. The van der Waals surface area contributed by atoms with Crippen LogP contribution in [0.5, 0.6) is 0 Å². The Morgan fingerprint density at radius 2 is 1.39 bits per heavy atom. The van der Waals surface area contributed by atoms with Crippen molar-refractivity contribution in [2.24, 2.45) is 5.73 Å². The van der Waals surface area contributed by atoms with Gasteiger partial charge >= 0.3 is 0 Å². The Morgan fingerprint density at radius 1 is 0.756 bits per heavy atom. The molecule has 3 rings (SSSR count). The maximum Gasteiger partial charge on any atom is 0.246 e. The predicted octanol–water partition coefficient (Wildman–Crippen LogP) is 5.10. The van der Waals surface area contributed by atoms with E-state index >= 15 is 0 Å². The number of amides is 3. The molecule has 3 aromatic carbocycles. The first-order valence-electron chi connectivity index (χ1n) is 13.7. The Morgan fingerprint density at radius 3 is 2.02 bits per heavy atom. The average Bonchev–Trinajstić information content (AvgIpc) is 2.96. The number of hydrogen-bond donors (Lipinski definition) is 5. The Hall–Kier alpha value is -3.21. The highest BCUT2D eigenvalue weighted by Gasteiger charge is 2.27. The maximum absolute atomic E-state index is 13.6. The molecule has 41 heavy (non-hydrogen) atoms. The van der Waals surface area contributed by atoms with Crippen LogP contribution in [0.2, 0.25) is 0 Å². The second kappa shape index (κ2) is 16.9. The van der Waals surface area contributed by atoms with Crippen LogP contribution in [0, 0.1) is 0 Å². The van der Waals surface area contributed by atoms with E-state index in [0.717, 1.165) is 24.0 Å². The van der Waals surface area contributed by atoms with Crippen LogP contribution in [0.1, 0.15) is 43.2 Å². The average molecular weight is 687 g/mol. The molecule has 0 aliphatic rings. The molecule has 0 aliphatic heterocycles. The number of unbranched alkanes of at least 4 members (excludes halogenated alkanes) is 1. The van der Waals surface area contributed by atoms with Gasteiger partial charge in [0.2, 0.25) is 17.7 Å². The van der Waals surface area contributed by atoms with Gasteiger partial charge in [0.05, 0.1) is 5.69 Å². The number of para-hydroxylation sites is 1. The highest BCUT2D eigenvalue weighted by Crippen LogP contribution is 2.30. The number of hydrogen-bond acceptors (Lipinski definition) is 5. The largest absolute Gasteiger partial charge is 0.397 e. The van der Waals surface area contributed by atoms with Crippen molar-refractivity contribution in [3.63, 3.8) is 0 Å². The summed E-state index contributed by atoms with van der Waals surface area (Å²) in [4.78, 5) is 39.8. The van der Waals surface area contributed by atoms with Crippen LogP contribution < -0.4 is 27.4 Å². The van der Waals surface area contributed by atoms with Gasteiger partial charge in [-0.1, -0.05) is 48.5 Å². The molecule has 0 saturated heterocycles. The summed E-state index contributed by atoms with van der Waals surface area (Å²) in [6.07, 6.45) is 3.68. The summed E-state index contributed by atoms with van der Waals surface area (Å²) in [5.41, 5.74) is 14.8. The lowest BCUT2D eigenvalue weighted by Crippen LogP contribution is -2.53. The number of nitrogens with one attached hydrogen (secondary N) is 3. The molecule has 0 heterocycles. The minimum Gasteiger partial charge on any atom is -0.397 e. The molecule has 0 unspecified atom stereocenters. The van der Waals surface area contributed by atoms with E-state index in [0.29, 0.717) is 46.1 Å². The van der Waals surface area contributed by atoms with Crippen molar-refractivity contribution >= 4 is 61.0 Å². The van der Waals surface area contributed by atoms with Crippen LogP contribution in [0.25, 0.3) is 0 Å². The molecule has 218 valence electrons. The fraction of sp³-hybridized carbons (Fsp3) is 0.323. The fourth-order valence-corrected chi connectivity index (χ4v) is 5.63. The first kappa shape index (κ1) is 32.3.